The predicted molar refractivity (Wildman–Crippen MR) is 144 cm³/mol. The fraction of sp³-hybridized carbons (Fsp3) is 0.643. The van der Waals surface area contributed by atoms with Gasteiger partial charge in [0, 0.05) is 0 Å². The van der Waals surface area contributed by atoms with Gasteiger partial charge in [-0.3, -0.25) is 4.79 Å². The molecular formula is C28H43NO11. The van der Waals surface area contributed by atoms with Crippen molar-refractivity contribution in [3.8, 4) is 11.5 Å². The van der Waals surface area contributed by atoms with Crippen LogP contribution in [0.15, 0.2) is 18.2 Å². The first kappa shape index (κ1) is 34.5. The number of benzene rings is 1. The second-order valence-corrected chi connectivity index (χ2v) is 9.38. The molecule has 2 N–H and O–H groups in total. The van der Waals surface area contributed by atoms with Crippen molar-refractivity contribution in [2.45, 2.75) is 111 Å². The Bertz CT molecular complexity index is 968. The highest BCUT2D eigenvalue weighted by molar-refractivity contribution is 5.76. The molecule has 1 rings (SSSR count). The second kappa shape index (κ2) is 17.9. The average molecular weight is 570 g/mol. The maximum Gasteiger partial charge on any atom is 0.514 e. The lowest BCUT2D eigenvalue weighted by Crippen LogP contribution is -2.39. The van der Waals surface area contributed by atoms with Crippen LogP contribution in [0.2, 0.25) is 0 Å². The summed E-state index contributed by atoms with van der Waals surface area (Å²) in [5.74, 6) is -0.931. The van der Waals surface area contributed by atoms with E-state index in [0.717, 1.165) is 12.8 Å². The van der Waals surface area contributed by atoms with Crippen LogP contribution < -0.4 is 15.2 Å². The molecule has 0 amide bonds. The zero-order valence-electron chi connectivity index (χ0n) is 24.4. The van der Waals surface area contributed by atoms with Gasteiger partial charge in [-0.1, -0.05) is 32.8 Å². The van der Waals surface area contributed by atoms with Crippen LogP contribution in [0.25, 0.3) is 0 Å². The smallest absolute Gasteiger partial charge is 0.458 e. The molecule has 5 atom stereocenters. The molecule has 0 aliphatic heterocycles. The van der Waals surface area contributed by atoms with Gasteiger partial charge in [0.1, 0.15) is 30.5 Å². The molecule has 3 unspecified atom stereocenters. The number of carbonyl (C=O) groups is 4. The number of carbonyl (C=O) groups excluding carboxylic acids is 4. The molecule has 0 spiro atoms. The zero-order chi connectivity index (χ0) is 30.2. The van der Waals surface area contributed by atoms with E-state index < -0.39 is 42.7 Å². The summed E-state index contributed by atoms with van der Waals surface area (Å²) in [6.45, 7) is 12.3. The Hall–Kier alpha value is -3.54. The van der Waals surface area contributed by atoms with Crippen molar-refractivity contribution < 1.29 is 52.3 Å². The molecule has 0 saturated heterocycles. The normalized spacial score (nSPS) is 14.5. The third kappa shape index (κ3) is 13.0. The van der Waals surface area contributed by atoms with E-state index >= 15 is 0 Å². The Morgan fingerprint density at radius 1 is 0.725 bits per heavy atom. The number of ether oxygens (including phenoxy) is 7. The molecule has 0 radical (unpaired) electrons. The highest BCUT2D eigenvalue weighted by atomic mass is 16.8. The molecule has 0 aliphatic rings. The summed E-state index contributed by atoms with van der Waals surface area (Å²) >= 11 is 0. The Labute approximate surface area is 235 Å². The van der Waals surface area contributed by atoms with Gasteiger partial charge in [-0.2, -0.15) is 0 Å². The minimum absolute atomic E-state index is 0.00538. The van der Waals surface area contributed by atoms with Crippen molar-refractivity contribution in [3.05, 3.63) is 23.8 Å². The van der Waals surface area contributed by atoms with Gasteiger partial charge < -0.3 is 38.9 Å². The van der Waals surface area contributed by atoms with Crippen molar-refractivity contribution in [2.24, 2.45) is 5.73 Å². The van der Waals surface area contributed by atoms with Crippen molar-refractivity contribution >= 4 is 24.4 Å². The lowest BCUT2D eigenvalue weighted by Gasteiger charge is -2.22. The van der Waals surface area contributed by atoms with E-state index in [4.69, 9.17) is 38.9 Å². The van der Waals surface area contributed by atoms with Crippen molar-refractivity contribution in [2.75, 3.05) is 6.61 Å². The van der Waals surface area contributed by atoms with E-state index in [-0.39, 0.29) is 36.7 Å². The zero-order valence-corrected chi connectivity index (χ0v) is 24.4. The van der Waals surface area contributed by atoms with Crippen LogP contribution in [-0.4, -0.2) is 61.5 Å². The Morgan fingerprint density at radius 3 is 1.77 bits per heavy atom. The number of rotatable bonds is 15. The summed E-state index contributed by atoms with van der Waals surface area (Å²) in [5, 5.41) is 0. The maximum absolute atomic E-state index is 12.6. The van der Waals surface area contributed by atoms with Gasteiger partial charge in [-0.25, -0.2) is 14.4 Å². The van der Waals surface area contributed by atoms with Gasteiger partial charge >= 0.3 is 24.4 Å². The minimum Gasteiger partial charge on any atom is -0.458 e. The SMILES string of the molecule is CCCC(C)OC(=O)Oc1cc(C[C@H](N)C(=O)OC(C)C(C)OC(=O)OCC)ccc1OC(=O)O[C@@H](C)CCC. The number of hydrogen-bond acceptors (Lipinski definition) is 12. The average Bonchev–Trinajstić information content (AvgIpc) is 2.85. The standard InChI is InChI=1S/C28H43NO11/c1-8-11-17(4)35-27(32)39-23-14-13-21(16-24(23)40-28(33)36-18(5)12-9-2)15-22(29)25(30)37-19(6)20(7)38-26(31)34-10-3/h13-14,16-20,22H,8-12,15,29H2,1-7H3/t17-,18?,19?,20?,22-/m0/s1. The molecule has 0 aromatic heterocycles. The van der Waals surface area contributed by atoms with E-state index in [1.54, 1.807) is 40.7 Å². The predicted octanol–water partition coefficient (Wildman–Crippen LogP) is 5.46. The first-order valence-corrected chi connectivity index (χ1v) is 13.6. The van der Waals surface area contributed by atoms with Gasteiger partial charge in [-0.05, 0) is 71.6 Å². The third-order valence-corrected chi connectivity index (χ3v) is 5.65. The monoisotopic (exact) mass is 569 g/mol. The molecule has 12 nitrogen and oxygen atoms in total. The molecule has 1 aromatic rings. The molecule has 40 heavy (non-hydrogen) atoms. The minimum atomic E-state index is -1.10. The van der Waals surface area contributed by atoms with E-state index in [1.165, 1.54) is 12.1 Å². The quantitative estimate of drug-likeness (QED) is 0.162. The molecule has 0 aliphatic carbocycles. The van der Waals surface area contributed by atoms with E-state index in [1.807, 2.05) is 13.8 Å². The van der Waals surface area contributed by atoms with Crippen LogP contribution in [0.1, 0.15) is 79.7 Å². The number of esters is 1. The Balaban J connectivity index is 2.98. The summed E-state index contributed by atoms with van der Waals surface area (Å²) in [5.41, 5.74) is 6.54. The van der Waals surface area contributed by atoms with Crippen LogP contribution in [-0.2, 0) is 34.9 Å². The van der Waals surface area contributed by atoms with E-state index in [9.17, 15) is 19.2 Å². The Morgan fingerprint density at radius 2 is 1.25 bits per heavy atom. The first-order valence-electron chi connectivity index (χ1n) is 13.6. The molecule has 1 aromatic carbocycles. The molecule has 0 bridgehead atoms. The van der Waals surface area contributed by atoms with Crippen molar-refractivity contribution in [1.29, 1.82) is 0 Å². The summed E-state index contributed by atoms with van der Waals surface area (Å²) in [4.78, 5) is 48.7. The van der Waals surface area contributed by atoms with Crippen LogP contribution in [0.4, 0.5) is 14.4 Å². The highest BCUT2D eigenvalue weighted by Gasteiger charge is 2.26. The second-order valence-electron chi connectivity index (χ2n) is 9.38. The van der Waals surface area contributed by atoms with Gasteiger partial charge in [0.05, 0.1) is 6.61 Å². The van der Waals surface area contributed by atoms with Gasteiger partial charge in [-0.15, -0.1) is 0 Å². The summed E-state index contributed by atoms with van der Waals surface area (Å²) in [7, 11) is 0. The van der Waals surface area contributed by atoms with Crippen LogP contribution >= 0.6 is 0 Å². The molecule has 0 heterocycles. The summed E-state index contributed by atoms with van der Waals surface area (Å²) < 4.78 is 36.2. The summed E-state index contributed by atoms with van der Waals surface area (Å²) in [6, 6.07) is 3.26. The fourth-order valence-electron chi connectivity index (χ4n) is 3.43. The van der Waals surface area contributed by atoms with Crippen molar-refractivity contribution in [3.63, 3.8) is 0 Å². The van der Waals surface area contributed by atoms with Crippen LogP contribution in [0.5, 0.6) is 11.5 Å². The van der Waals surface area contributed by atoms with Gasteiger partial charge in [0.2, 0.25) is 0 Å². The first-order chi connectivity index (χ1) is 18.9. The largest absolute Gasteiger partial charge is 0.514 e. The lowest BCUT2D eigenvalue weighted by atomic mass is 10.1. The third-order valence-electron chi connectivity index (χ3n) is 5.65. The highest BCUT2D eigenvalue weighted by Crippen LogP contribution is 2.30. The molecule has 0 saturated carbocycles. The van der Waals surface area contributed by atoms with Crippen molar-refractivity contribution in [1.82, 2.24) is 0 Å². The topological polar surface area (TPSA) is 159 Å². The fourth-order valence-corrected chi connectivity index (χ4v) is 3.43. The summed E-state index contributed by atoms with van der Waals surface area (Å²) in [6.07, 6.45) is -2.22. The Kier molecular flexibility index (Phi) is 15.5. The van der Waals surface area contributed by atoms with Gasteiger partial charge in [0.25, 0.3) is 0 Å². The number of hydrogen-bond donors (Lipinski definition) is 1. The molecule has 0 fully saturated rings. The van der Waals surface area contributed by atoms with Crippen LogP contribution in [0, 0.1) is 0 Å². The molecular weight excluding hydrogens is 526 g/mol. The van der Waals surface area contributed by atoms with E-state index in [0.29, 0.717) is 18.4 Å². The van der Waals surface area contributed by atoms with Crippen LogP contribution in [0.3, 0.4) is 0 Å². The lowest BCUT2D eigenvalue weighted by molar-refractivity contribution is -0.155. The molecule has 226 valence electrons. The van der Waals surface area contributed by atoms with Gasteiger partial charge in [0.15, 0.2) is 11.5 Å². The van der Waals surface area contributed by atoms with E-state index in [2.05, 4.69) is 0 Å². The molecule has 12 heteroatoms. The maximum atomic E-state index is 12.6. The number of nitrogens with two attached hydrogens (primary N) is 1.